The standard InChI is InChI=1S/C2H3B3I2/c3-5-4-1-2(6)7/h2H,1H2. The first kappa shape index (κ1) is 8.65. The van der Waals surface area contributed by atoms with Crippen molar-refractivity contribution < 1.29 is 0 Å². The van der Waals surface area contributed by atoms with Crippen molar-refractivity contribution in [3.8, 4) is 0 Å². The van der Waals surface area contributed by atoms with E-state index in [-0.39, 0.29) is 0 Å². The fraction of sp³-hybridized carbons (Fsp3) is 1.00. The van der Waals surface area contributed by atoms with E-state index in [9.17, 15) is 0 Å². The lowest BCUT2D eigenvalue weighted by molar-refractivity contribution is 1.51. The van der Waals surface area contributed by atoms with Gasteiger partial charge in [0.2, 0.25) is 0 Å². The van der Waals surface area contributed by atoms with Crippen LogP contribution in [0, 0.1) is 0 Å². The summed E-state index contributed by atoms with van der Waals surface area (Å²) >= 11 is 4.69. The maximum atomic E-state index is 5.09. The van der Waals surface area contributed by atoms with Crippen LogP contribution in [0.5, 0.6) is 0 Å². The Morgan fingerprint density at radius 2 is 2.14 bits per heavy atom. The van der Waals surface area contributed by atoms with Gasteiger partial charge in [0.15, 0.2) is 0 Å². The van der Waals surface area contributed by atoms with Gasteiger partial charge in [-0.05, 0) is 0 Å². The second-order valence-electron chi connectivity index (χ2n) is 1.05. The van der Waals surface area contributed by atoms with Crippen molar-refractivity contribution >= 4 is 67.2 Å². The van der Waals surface area contributed by atoms with E-state index in [1.165, 1.54) is 0 Å². The molecule has 0 nitrogen and oxygen atoms in total. The van der Waals surface area contributed by atoms with E-state index in [2.05, 4.69) is 45.2 Å². The Morgan fingerprint density at radius 3 is 2.29 bits per heavy atom. The van der Waals surface area contributed by atoms with Crippen LogP contribution in [0.3, 0.4) is 0 Å². The highest BCUT2D eigenvalue weighted by Crippen LogP contribution is 2.12. The predicted octanol–water partition coefficient (Wildman–Crippen LogP) is 1.01. The molecule has 0 spiro atoms. The highest BCUT2D eigenvalue weighted by molar-refractivity contribution is 14.2. The van der Waals surface area contributed by atoms with E-state index in [0.29, 0.717) is 1.93 Å². The van der Waals surface area contributed by atoms with Crippen LogP contribution in [0.1, 0.15) is 0 Å². The molecule has 0 aromatic heterocycles. The van der Waals surface area contributed by atoms with Crippen LogP contribution in [0.2, 0.25) is 6.32 Å². The molecule has 0 rings (SSSR count). The molecule has 0 aliphatic heterocycles. The number of hydrogen-bond donors (Lipinski definition) is 0. The summed E-state index contributed by atoms with van der Waals surface area (Å²) in [7, 11) is 8.64. The fourth-order valence-electron chi connectivity index (χ4n) is 0.181. The van der Waals surface area contributed by atoms with E-state index in [0.717, 1.165) is 6.32 Å². The second-order valence-corrected chi connectivity index (χ2v) is 6.45. The van der Waals surface area contributed by atoms with Gasteiger partial charge in [0, 0.05) is 14.8 Å². The zero-order chi connectivity index (χ0) is 5.70. The molecular formula is C2H3B3I2. The predicted molar refractivity (Wildman–Crippen MR) is 53.9 cm³/mol. The summed E-state index contributed by atoms with van der Waals surface area (Å²) < 4.78 is 0.676. The monoisotopic (exact) mass is 314 g/mol. The molecule has 0 aromatic carbocycles. The van der Waals surface area contributed by atoms with E-state index < -0.39 is 0 Å². The average molecular weight is 313 g/mol. The molecule has 0 saturated heterocycles. The van der Waals surface area contributed by atoms with Gasteiger partial charge in [-0.3, -0.25) is 0 Å². The SMILES string of the molecule is [B][B][B]CC(I)I. The van der Waals surface area contributed by atoms with Crippen LogP contribution in [-0.2, 0) is 0 Å². The van der Waals surface area contributed by atoms with Gasteiger partial charge in [-0.1, -0.05) is 51.5 Å². The van der Waals surface area contributed by atoms with Crippen LogP contribution in [-0.4, -0.2) is 23.9 Å². The van der Waals surface area contributed by atoms with E-state index >= 15 is 0 Å². The molecule has 0 amide bonds. The molecule has 0 unspecified atom stereocenters. The average Bonchev–Trinajstić information content (AvgIpc) is 1.61. The fourth-order valence-corrected chi connectivity index (χ4v) is 0.769. The van der Waals surface area contributed by atoms with Gasteiger partial charge in [0.25, 0.3) is 0 Å². The minimum Gasteiger partial charge on any atom is -0.0718 e. The summed E-state index contributed by atoms with van der Waals surface area (Å²) in [5, 5.41) is 0. The maximum absolute atomic E-state index is 5.09. The van der Waals surface area contributed by atoms with Crippen LogP contribution < -0.4 is 0 Å². The number of hydrogen-bond acceptors (Lipinski definition) is 0. The number of halogens is 2. The molecule has 0 aromatic rings. The van der Waals surface area contributed by atoms with Gasteiger partial charge in [0.05, 0.1) is 9.10 Å². The summed E-state index contributed by atoms with van der Waals surface area (Å²) in [6.45, 7) is 0. The summed E-state index contributed by atoms with van der Waals surface area (Å²) in [5.74, 6) is 0. The highest BCUT2D eigenvalue weighted by atomic mass is 127. The quantitative estimate of drug-likeness (QED) is 0.414. The summed E-state index contributed by atoms with van der Waals surface area (Å²) in [6.07, 6.45) is 1.07. The smallest absolute Gasteiger partial charge is 0.0568 e. The van der Waals surface area contributed by atoms with Crippen molar-refractivity contribution in [2.45, 2.75) is 8.25 Å². The van der Waals surface area contributed by atoms with Crippen LogP contribution in [0.15, 0.2) is 0 Å². The maximum Gasteiger partial charge on any atom is 0.0568 e. The van der Waals surface area contributed by atoms with Gasteiger partial charge in [0.1, 0.15) is 0 Å². The normalized spacial score (nSPS) is 9.00. The lowest BCUT2D eigenvalue weighted by Crippen LogP contribution is -2.04. The van der Waals surface area contributed by atoms with Crippen LogP contribution in [0.4, 0.5) is 0 Å². The Labute approximate surface area is 74.7 Å². The molecule has 0 N–H and O–H groups in total. The van der Waals surface area contributed by atoms with Crippen molar-refractivity contribution in [3.63, 3.8) is 0 Å². The third kappa shape index (κ3) is 7.65. The van der Waals surface area contributed by atoms with Crippen molar-refractivity contribution in [3.05, 3.63) is 0 Å². The molecule has 0 aliphatic rings. The van der Waals surface area contributed by atoms with E-state index in [1.54, 1.807) is 7.06 Å². The summed E-state index contributed by atoms with van der Waals surface area (Å²) in [5.41, 5.74) is 0. The molecule has 5 heteroatoms. The molecule has 0 saturated carbocycles. The zero-order valence-corrected chi connectivity index (χ0v) is 8.09. The zero-order valence-electron chi connectivity index (χ0n) is 3.77. The molecule has 0 aliphatic carbocycles. The van der Waals surface area contributed by atoms with Crippen LogP contribution >= 0.6 is 45.2 Å². The number of alkyl halides is 2. The van der Waals surface area contributed by atoms with Crippen molar-refractivity contribution in [1.29, 1.82) is 0 Å². The first-order chi connectivity index (χ1) is 3.27. The Hall–Kier alpha value is 1.65. The molecule has 7 heavy (non-hydrogen) atoms. The lowest BCUT2D eigenvalue weighted by Gasteiger charge is -1.93. The first-order valence-corrected chi connectivity index (χ1v) is 4.41. The van der Waals surface area contributed by atoms with Gasteiger partial charge in [-0.15, -0.1) is 0 Å². The van der Waals surface area contributed by atoms with E-state index in [1.807, 2.05) is 7.17 Å². The lowest BCUT2D eigenvalue weighted by atomic mass is 9.27. The van der Waals surface area contributed by atoms with Crippen molar-refractivity contribution in [2.24, 2.45) is 0 Å². The topological polar surface area (TPSA) is 0 Å². The minimum absolute atomic E-state index is 0.676. The Morgan fingerprint density at radius 1 is 1.57 bits per heavy atom. The Balaban J connectivity index is 2.68. The van der Waals surface area contributed by atoms with Gasteiger partial charge < -0.3 is 0 Å². The first-order valence-electron chi connectivity index (χ1n) is 1.92. The molecule has 0 heterocycles. The van der Waals surface area contributed by atoms with Gasteiger partial charge in [-0.25, -0.2) is 0 Å². The molecule has 34 valence electrons. The molecule has 0 bridgehead atoms. The second kappa shape index (κ2) is 5.79. The summed E-state index contributed by atoms with van der Waals surface area (Å²) in [4.78, 5) is 0. The van der Waals surface area contributed by atoms with Crippen molar-refractivity contribution in [1.82, 2.24) is 0 Å². The minimum atomic E-state index is 0.676. The Bertz CT molecular complexity index is 39.9. The molecule has 0 fully saturated rings. The molecule has 0 atom stereocenters. The largest absolute Gasteiger partial charge is 0.0718 e. The van der Waals surface area contributed by atoms with Crippen molar-refractivity contribution in [2.75, 3.05) is 0 Å². The highest BCUT2D eigenvalue weighted by Gasteiger charge is 1.93. The third-order valence-corrected chi connectivity index (χ3v) is 1.47. The van der Waals surface area contributed by atoms with Gasteiger partial charge >= 0.3 is 0 Å². The summed E-state index contributed by atoms with van der Waals surface area (Å²) in [6, 6.07) is 0. The van der Waals surface area contributed by atoms with Crippen LogP contribution in [0.25, 0.3) is 0 Å². The molecule has 4 radical (unpaired) electrons. The van der Waals surface area contributed by atoms with E-state index in [4.69, 9.17) is 7.74 Å². The Kier molecular flexibility index (Phi) is 7.15. The molecular weight excluding hydrogens is 310 g/mol. The number of rotatable bonds is 3. The van der Waals surface area contributed by atoms with Gasteiger partial charge in [-0.2, -0.15) is 0 Å². The third-order valence-electron chi connectivity index (χ3n) is 0.450.